The van der Waals surface area contributed by atoms with Crippen molar-refractivity contribution in [3.05, 3.63) is 175 Å². The summed E-state index contributed by atoms with van der Waals surface area (Å²) in [5.41, 5.74) is 10.1. The SMILES string of the molecule is N#Cc1cc(-n2c3ccccc3c3ccccc32)ccc1-c1ccc(-c2c3ccccc3c(-c3ccccc3)c3ccccc23)c(C#N)c1. The third kappa shape index (κ3) is 4.42. The Labute approximate surface area is 283 Å². The van der Waals surface area contributed by atoms with E-state index in [9.17, 15) is 10.5 Å². The Bertz CT molecular complexity index is 2740. The second kappa shape index (κ2) is 11.4. The second-order valence-corrected chi connectivity index (χ2v) is 12.3. The van der Waals surface area contributed by atoms with Gasteiger partial charge in [0.15, 0.2) is 0 Å². The van der Waals surface area contributed by atoms with Crippen LogP contribution in [0, 0.1) is 22.7 Å². The zero-order chi connectivity index (χ0) is 32.9. The molecule has 3 nitrogen and oxygen atoms in total. The van der Waals surface area contributed by atoms with Crippen molar-refractivity contribution in [3.63, 3.8) is 0 Å². The van der Waals surface area contributed by atoms with Gasteiger partial charge in [-0.25, -0.2) is 0 Å². The monoisotopic (exact) mass is 621 g/mol. The molecule has 226 valence electrons. The van der Waals surface area contributed by atoms with E-state index >= 15 is 0 Å². The van der Waals surface area contributed by atoms with Crippen LogP contribution in [-0.4, -0.2) is 4.57 Å². The summed E-state index contributed by atoms with van der Waals surface area (Å²) in [4.78, 5) is 0. The van der Waals surface area contributed by atoms with Crippen molar-refractivity contribution in [1.29, 1.82) is 10.5 Å². The Balaban J connectivity index is 1.22. The zero-order valence-corrected chi connectivity index (χ0v) is 26.4. The molecule has 0 atom stereocenters. The van der Waals surface area contributed by atoms with Crippen LogP contribution < -0.4 is 0 Å². The van der Waals surface area contributed by atoms with Gasteiger partial charge in [0.2, 0.25) is 0 Å². The second-order valence-electron chi connectivity index (χ2n) is 12.3. The van der Waals surface area contributed by atoms with Crippen LogP contribution in [0.4, 0.5) is 0 Å². The zero-order valence-electron chi connectivity index (χ0n) is 26.4. The Morgan fingerprint density at radius 3 is 1.41 bits per heavy atom. The maximum absolute atomic E-state index is 10.6. The predicted molar refractivity (Wildman–Crippen MR) is 202 cm³/mol. The number of hydrogen-bond acceptors (Lipinski definition) is 2. The molecule has 0 aliphatic rings. The summed E-state index contributed by atoms with van der Waals surface area (Å²) in [7, 11) is 0. The molecule has 0 saturated carbocycles. The Morgan fingerprint density at radius 2 is 0.837 bits per heavy atom. The summed E-state index contributed by atoms with van der Waals surface area (Å²) < 4.78 is 2.22. The third-order valence-electron chi connectivity index (χ3n) is 9.68. The topological polar surface area (TPSA) is 52.5 Å². The first-order chi connectivity index (χ1) is 24.2. The van der Waals surface area contributed by atoms with E-state index in [1.54, 1.807) is 0 Å². The molecule has 0 N–H and O–H groups in total. The van der Waals surface area contributed by atoms with Crippen molar-refractivity contribution in [3.8, 4) is 51.2 Å². The number of aromatic nitrogens is 1. The van der Waals surface area contributed by atoms with Gasteiger partial charge in [0.25, 0.3) is 0 Å². The van der Waals surface area contributed by atoms with Gasteiger partial charge in [-0.3, -0.25) is 0 Å². The summed E-state index contributed by atoms with van der Waals surface area (Å²) in [5, 5.41) is 27.8. The first-order valence-corrected chi connectivity index (χ1v) is 16.3. The fourth-order valence-electron chi connectivity index (χ4n) is 7.57. The van der Waals surface area contributed by atoms with Crippen molar-refractivity contribution in [2.75, 3.05) is 0 Å². The first-order valence-electron chi connectivity index (χ1n) is 16.3. The number of nitriles is 2. The molecule has 0 saturated heterocycles. The Hall–Kier alpha value is -6.94. The van der Waals surface area contributed by atoms with Crippen LogP contribution in [0.2, 0.25) is 0 Å². The molecule has 3 heteroatoms. The van der Waals surface area contributed by atoms with E-state index in [1.165, 1.54) is 16.3 Å². The van der Waals surface area contributed by atoms with Crippen molar-refractivity contribution >= 4 is 43.4 Å². The molecule has 8 aromatic carbocycles. The van der Waals surface area contributed by atoms with Gasteiger partial charge in [-0.15, -0.1) is 0 Å². The first kappa shape index (κ1) is 28.3. The molecule has 1 heterocycles. The normalized spacial score (nSPS) is 11.2. The maximum Gasteiger partial charge on any atom is 0.0998 e. The minimum atomic E-state index is 0.555. The summed E-state index contributed by atoms with van der Waals surface area (Å²) >= 11 is 0. The molecule has 0 spiro atoms. The smallest absolute Gasteiger partial charge is 0.0998 e. The number of fused-ring (bicyclic) bond motifs is 5. The summed E-state index contributed by atoms with van der Waals surface area (Å²) in [5.74, 6) is 0. The van der Waals surface area contributed by atoms with Gasteiger partial charge in [-0.05, 0) is 79.7 Å². The molecule has 0 radical (unpaired) electrons. The van der Waals surface area contributed by atoms with Crippen LogP contribution in [0.25, 0.3) is 82.4 Å². The van der Waals surface area contributed by atoms with Crippen LogP contribution in [0.5, 0.6) is 0 Å². The molecule has 0 amide bonds. The Morgan fingerprint density at radius 1 is 0.367 bits per heavy atom. The summed E-state index contributed by atoms with van der Waals surface area (Å²) in [6.45, 7) is 0. The van der Waals surface area contributed by atoms with Gasteiger partial charge < -0.3 is 4.57 Å². The molecule has 1 aromatic heterocycles. The Kier molecular flexibility index (Phi) is 6.58. The van der Waals surface area contributed by atoms with Crippen LogP contribution >= 0.6 is 0 Å². The van der Waals surface area contributed by atoms with Gasteiger partial charge in [-0.2, -0.15) is 10.5 Å². The van der Waals surface area contributed by atoms with E-state index in [4.69, 9.17) is 0 Å². The average Bonchev–Trinajstić information content (AvgIpc) is 3.51. The maximum atomic E-state index is 10.6. The van der Waals surface area contributed by atoms with Crippen LogP contribution in [0.1, 0.15) is 11.1 Å². The largest absolute Gasteiger partial charge is 0.309 e. The highest BCUT2D eigenvalue weighted by atomic mass is 15.0. The standard InChI is InChI=1S/C46H27N3/c47-28-32-26-31(35-25-23-34(27-33(35)29-48)49-43-20-10-8-14-37(43)38-15-9-11-21-44(38)49)22-24-36(32)46-41-18-6-4-16-39(41)45(30-12-2-1-3-13-30)40-17-5-7-19-42(40)46/h1-27H. The lowest BCUT2D eigenvalue weighted by Gasteiger charge is -2.19. The van der Waals surface area contributed by atoms with Gasteiger partial charge in [-0.1, -0.05) is 133 Å². The quantitative estimate of drug-likeness (QED) is 0.184. The summed E-state index contributed by atoms with van der Waals surface area (Å²) in [6.07, 6.45) is 0. The fourth-order valence-corrected chi connectivity index (χ4v) is 7.57. The highest BCUT2D eigenvalue weighted by Gasteiger charge is 2.20. The number of benzene rings is 8. The van der Waals surface area contributed by atoms with Gasteiger partial charge >= 0.3 is 0 Å². The van der Waals surface area contributed by atoms with Crippen LogP contribution in [0.15, 0.2) is 164 Å². The molecule has 0 bridgehead atoms. The number of rotatable bonds is 4. The lowest BCUT2D eigenvalue weighted by molar-refractivity contribution is 1.18. The molecule has 0 unspecified atom stereocenters. The predicted octanol–water partition coefficient (Wildman–Crippen LogP) is 11.8. The lowest BCUT2D eigenvalue weighted by Crippen LogP contribution is -1.97. The molecule has 0 aliphatic heterocycles. The van der Waals surface area contributed by atoms with E-state index in [2.05, 4.69) is 132 Å². The average molecular weight is 622 g/mol. The van der Waals surface area contributed by atoms with Crippen molar-refractivity contribution in [2.45, 2.75) is 0 Å². The summed E-state index contributed by atoms with van der Waals surface area (Å²) in [6, 6.07) is 61.2. The molecular formula is C46H27N3. The van der Waals surface area contributed by atoms with Crippen LogP contribution in [-0.2, 0) is 0 Å². The van der Waals surface area contributed by atoms with E-state index in [0.29, 0.717) is 11.1 Å². The number of para-hydroxylation sites is 2. The highest BCUT2D eigenvalue weighted by molar-refractivity contribution is 6.21. The lowest BCUT2D eigenvalue weighted by atomic mass is 9.84. The van der Waals surface area contributed by atoms with E-state index < -0.39 is 0 Å². The van der Waals surface area contributed by atoms with Gasteiger partial charge in [0.1, 0.15) is 0 Å². The van der Waals surface area contributed by atoms with Gasteiger partial charge in [0.05, 0.1) is 34.3 Å². The van der Waals surface area contributed by atoms with Crippen molar-refractivity contribution in [1.82, 2.24) is 4.57 Å². The van der Waals surface area contributed by atoms with Crippen molar-refractivity contribution in [2.24, 2.45) is 0 Å². The van der Waals surface area contributed by atoms with E-state index in [1.807, 2.05) is 48.5 Å². The minimum Gasteiger partial charge on any atom is -0.309 e. The minimum absolute atomic E-state index is 0.555. The third-order valence-corrected chi connectivity index (χ3v) is 9.68. The van der Waals surface area contributed by atoms with Crippen molar-refractivity contribution < 1.29 is 0 Å². The molecule has 0 fully saturated rings. The number of nitrogens with zero attached hydrogens (tertiary/aromatic N) is 3. The molecule has 0 aliphatic carbocycles. The number of hydrogen-bond donors (Lipinski definition) is 0. The van der Waals surface area contributed by atoms with Crippen LogP contribution in [0.3, 0.4) is 0 Å². The van der Waals surface area contributed by atoms with E-state index in [0.717, 1.165) is 66.1 Å². The molecule has 49 heavy (non-hydrogen) atoms. The van der Waals surface area contributed by atoms with E-state index in [-0.39, 0.29) is 0 Å². The van der Waals surface area contributed by atoms with Gasteiger partial charge in [0, 0.05) is 22.0 Å². The molecule has 9 rings (SSSR count). The molecular weight excluding hydrogens is 595 g/mol. The fraction of sp³-hybridized carbons (Fsp3) is 0. The molecule has 9 aromatic rings. The highest BCUT2D eigenvalue weighted by Crippen LogP contribution is 2.45.